The standard InChI is InChI=1S/C23H23NO4/c1-13-3-5-14(6-4-13)16-9-18-23(20(26)11-16)17(12-22(27)24-18)15-7-8-21(28-2)19(25)10-15/h3-8,10,16-17,25H,9,11-12H2,1-2H3,(H,24,27). The fourth-order valence-corrected chi connectivity index (χ4v) is 4.24. The Balaban J connectivity index is 1.70. The Morgan fingerprint density at radius 3 is 2.39 bits per heavy atom. The molecule has 0 radical (unpaired) electrons. The van der Waals surface area contributed by atoms with Crippen molar-refractivity contribution < 1.29 is 19.4 Å². The van der Waals surface area contributed by atoms with E-state index in [1.165, 1.54) is 12.7 Å². The van der Waals surface area contributed by atoms with Crippen molar-refractivity contribution in [3.8, 4) is 11.5 Å². The van der Waals surface area contributed by atoms with E-state index in [0.29, 0.717) is 24.2 Å². The number of phenols is 1. The number of amides is 1. The number of rotatable bonds is 3. The van der Waals surface area contributed by atoms with Crippen LogP contribution in [-0.4, -0.2) is 23.9 Å². The molecule has 144 valence electrons. The van der Waals surface area contributed by atoms with E-state index >= 15 is 0 Å². The lowest BCUT2D eigenvalue weighted by atomic mass is 9.73. The third-order valence-corrected chi connectivity index (χ3v) is 5.69. The molecule has 28 heavy (non-hydrogen) atoms. The molecule has 2 atom stereocenters. The number of ketones is 1. The molecule has 5 heteroatoms. The van der Waals surface area contributed by atoms with Crippen LogP contribution in [0.15, 0.2) is 53.7 Å². The van der Waals surface area contributed by atoms with E-state index in [1.807, 2.05) is 25.1 Å². The summed E-state index contributed by atoms with van der Waals surface area (Å²) >= 11 is 0. The van der Waals surface area contributed by atoms with Gasteiger partial charge in [-0.25, -0.2) is 0 Å². The van der Waals surface area contributed by atoms with Crippen LogP contribution in [0.1, 0.15) is 47.8 Å². The third-order valence-electron chi connectivity index (χ3n) is 5.69. The number of nitrogens with one attached hydrogen (secondary N) is 1. The van der Waals surface area contributed by atoms with Crippen molar-refractivity contribution >= 4 is 11.7 Å². The van der Waals surface area contributed by atoms with Gasteiger partial charge in [0.15, 0.2) is 17.3 Å². The summed E-state index contributed by atoms with van der Waals surface area (Å²) < 4.78 is 5.10. The molecule has 2 aliphatic rings. The van der Waals surface area contributed by atoms with Crippen LogP contribution < -0.4 is 10.1 Å². The van der Waals surface area contributed by atoms with Crippen molar-refractivity contribution in [1.29, 1.82) is 0 Å². The average Bonchev–Trinajstić information content (AvgIpc) is 2.67. The summed E-state index contributed by atoms with van der Waals surface area (Å²) in [5.41, 5.74) is 4.44. The number of ether oxygens (including phenoxy) is 1. The van der Waals surface area contributed by atoms with Crippen LogP contribution in [0.4, 0.5) is 0 Å². The lowest BCUT2D eigenvalue weighted by Crippen LogP contribution is -2.38. The van der Waals surface area contributed by atoms with E-state index in [0.717, 1.165) is 16.8 Å². The molecule has 5 nitrogen and oxygen atoms in total. The molecule has 0 bridgehead atoms. The molecule has 0 saturated carbocycles. The SMILES string of the molecule is COc1ccc(C2CC(=O)NC3=C2C(=O)CC(c2ccc(C)cc2)C3)cc1O. The molecule has 2 N–H and O–H groups in total. The number of allylic oxidation sites excluding steroid dienone is 2. The number of aromatic hydroxyl groups is 1. The van der Waals surface area contributed by atoms with E-state index in [2.05, 4.69) is 17.4 Å². The van der Waals surface area contributed by atoms with Crippen LogP contribution in [-0.2, 0) is 9.59 Å². The number of carbonyl (C=O) groups excluding carboxylic acids is 2. The monoisotopic (exact) mass is 377 g/mol. The normalized spacial score (nSPS) is 21.9. The highest BCUT2D eigenvalue weighted by Crippen LogP contribution is 2.43. The molecule has 1 amide bonds. The highest BCUT2D eigenvalue weighted by molar-refractivity contribution is 6.02. The quantitative estimate of drug-likeness (QED) is 0.855. The lowest BCUT2D eigenvalue weighted by molar-refractivity contribution is -0.122. The first kappa shape index (κ1) is 18.3. The second kappa shape index (κ2) is 7.15. The fourth-order valence-electron chi connectivity index (χ4n) is 4.24. The summed E-state index contributed by atoms with van der Waals surface area (Å²) in [5, 5.41) is 13.1. The molecule has 1 aliphatic heterocycles. The Kier molecular flexibility index (Phi) is 4.67. The summed E-state index contributed by atoms with van der Waals surface area (Å²) in [5.74, 6) is 0.0623. The van der Waals surface area contributed by atoms with Crippen molar-refractivity contribution in [3.05, 3.63) is 70.4 Å². The van der Waals surface area contributed by atoms with Gasteiger partial charge >= 0.3 is 0 Å². The predicted molar refractivity (Wildman–Crippen MR) is 105 cm³/mol. The molecule has 2 aromatic carbocycles. The molecule has 1 heterocycles. The summed E-state index contributed by atoms with van der Waals surface area (Å²) in [4.78, 5) is 25.4. The van der Waals surface area contributed by atoms with Gasteiger partial charge in [-0.2, -0.15) is 0 Å². The lowest BCUT2D eigenvalue weighted by Gasteiger charge is -2.34. The smallest absolute Gasteiger partial charge is 0.225 e. The molecule has 4 rings (SSSR count). The molecule has 0 saturated heterocycles. The van der Waals surface area contributed by atoms with E-state index in [1.54, 1.807) is 12.1 Å². The Hall–Kier alpha value is -3.08. The molecule has 0 fully saturated rings. The minimum Gasteiger partial charge on any atom is -0.504 e. The Morgan fingerprint density at radius 2 is 1.71 bits per heavy atom. The van der Waals surface area contributed by atoms with Crippen molar-refractivity contribution in [3.63, 3.8) is 0 Å². The number of benzene rings is 2. The van der Waals surface area contributed by atoms with Crippen molar-refractivity contribution in [2.75, 3.05) is 7.11 Å². The second-order valence-corrected chi connectivity index (χ2v) is 7.57. The first-order chi connectivity index (χ1) is 13.5. The molecule has 2 aromatic rings. The summed E-state index contributed by atoms with van der Waals surface area (Å²) in [6, 6.07) is 13.3. The van der Waals surface area contributed by atoms with Crippen LogP contribution >= 0.6 is 0 Å². The first-order valence-corrected chi connectivity index (χ1v) is 9.46. The zero-order valence-electron chi connectivity index (χ0n) is 16.0. The summed E-state index contributed by atoms with van der Waals surface area (Å²) in [7, 11) is 1.49. The molecule has 0 spiro atoms. The van der Waals surface area contributed by atoms with Gasteiger partial charge in [0.25, 0.3) is 0 Å². The number of phenolic OH excluding ortho intramolecular Hbond substituents is 1. The van der Waals surface area contributed by atoms with Gasteiger partial charge in [0.05, 0.1) is 7.11 Å². The van der Waals surface area contributed by atoms with Gasteiger partial charge in [0.2, 0.25) is 5.91 Å². The topological polar surface area (TPSA) is 75.6 Å². The predicted octanol–water partition coefficient (Wildman–Crippen LogP) is 3.71. The highest BCUT2D eigenvalue weighted by atomic mass is 16.5. The first-order valence-electron chi connectivity index (χ1n) is 9.46. The van der Waals surface area contributed by atoms with E-state index in [4.69, 9.17) is 4.74 Å². The van der Waals surface area contributed by atoms with Crippen molar-refractivity contribution in [1.82, 2.24) is 5.32 Å². The number of hydrogen-bond donors (Lipinski definition) is 2. The van der Waals surface area contributed by atoms with Crippen LogP contribution in [0.2, 0.25) is 0 Å². The highest BCUT2D eigenvalue weighted by Gasteiger charge is 2.38. The van der Waals surface area contributed by atoms with E-state index in [-0.39, 0.29) is 35.7 Å². The molecule has 2 unspecified atom stereocenters. The minimum atomic E-state index is -0.341. The van der Waals surface area contributed by atoms with E-state index in [9.17, 15) is 14.7 Å². The van der Waals surface area contributed by atoms with Gasteiger partial charge in [-0.1, -0.05) is 35.9 Å². The fraction of sp³-hybridized carbons (Fsp3) is 0.304. The zero-order chi connectivity index (χ0) is 19.8. The van der Waals surface area contributed by atoms with Crippen LogP contribution in [0.3, 0.4) is 0 Å². The average molecular weight is 377 g/mol. The number of hydrogen-bond acceptors (Lipinski definition) is 4. The van der Waals surface area contributed by atoms with Gasteiger partial charge in [0, 0.05) is 30.0 Å². The Bertz CT molecular complexity index is 975. The largest absolute Gasteiger partial charge is 0.504 e. The molecule has 1 aliphatic carbocycles. The molecule has 0 aromatic heterocycles. The van der Waals surface area contributed by atoms with Gasteiger partial charge < -0.3 is 15.2 Å². The molecular weight excluding hydrogens is 354 g/mol. The summed E-state index contributed by atoms with van der Waals surface area (Å²) in [6.07, 6.45) is 1.26. The van der Waals surface area contributed by atoms with Gasteiger partial charge in [-0.15, -0.1) is 0 Å². The van der Waals surface area contributed by atoms with Gasteiger partial charge in [-0.3, -0.25) is 9.59 Å². The maximum Gasteiger partial charge on any atom is 0.225 e. The zero-order valence-corrected chi connectivity index (χ0v) is 16.0. The maximum atomic E-state index is 13.1. The van der Waals surface area contributed by atoms with Crippen molar-refractivity contribution in [2.24, 2.45) is 0 Å². The van der Waals surface area contributed by atoms with Crippen LogP contribution in [0.5, 0.6) is 11.5 Å². The van der Waals surface area contributed by atoms with Gasteiger partial charge in [-0.05, 0) is 42.5 Å². The molecular formula is C23H23NO4. The number of methoxy groups -OCH3 is 1. The van der Waals surface area contributed by atoms with Gasteiger partial charge in [0.1, 0.15) is 0 Å². The Labute approximate surface area is 164 Å². The van der Waals surface area contributed by atoms with E-state index < -0.39 is 0 Å². The Morgan fingerprint density at radius 1 is 1.00 bits per heavy atom. The van der Waals surface area contributed by atoms with Crippen LogP contribution in [0.25, 0.3) is 0 Å². The number of carbonyl (C=O) groups is 2. The van der Waals surface area contributed by atoms with Crippen molar-refractivity contribution in [2.45, 2.75) is 38.0 Å². The third kappa shape index (κ3) is 3.28. The minimum absolute atomic E-state index is 0.00826. The summed E-state index contributed by atoms with van der Waals surface area (Å²) in [6.45, 7) is 2.03. The number of aryl methyl sites for hydroxylation is 1. The number of Topliss-reactive ketones (excluding diaryl/α,β-unsaturated/α-hetero) is 1. The second-order valence-electron chi connectivity index (χ2n) is 7.57. The maximum absolute atomic E-state index is 13.1. The van der Waals surface area contributed by atoms with Crippen LogP contribution in [0, 0.1) is 6.92 Å².